The lowest BCUT2D eigenvalue weighted by molar-refractivity contribution is 0.111. The second kappa shape index (κ2) is 1.66. The maximum Gasteiger partial charge on any atom is 0.276 e. The van der Waals surface area contributed by atoms with Crippen LogP contribution in [0.4, 0.5) is 0 Å². The van der Waals surface area contributed by atoms with Gasteiger partial charge in [0.15, 0.2) is 12.1 Å². The van der Waals surface area contributed by atoms with Crippen molar-refractivity contribution in [3.05, 3.63) is 12.0 Å². The highest BCUT2D eigenvalue weighted by atomic mass is 16.5. The molecule has 0 radical (unpaired) electrons. The molecule has 2 aromatic heterocycles. The fourth-order valence-corrected chi connectivity index (χ4v) is 0.731. The number of nitrogens with one attached hydrogen (secondary N) is 1. The highest BCUT2D eigenvalue weighted by Crippen LogP contribution is 2.07. The zero-order valence-corrected chi connectivity index (χ0v) is 4.87. The van der Waals surface area contributed by atoms with E-state index in [1.54, 1.807) is 0 Å². The minimum Gasteiger partial charge on any atom is -0.334 e. The standard InChI is InChI=1S/C5H3N3O2/c9-2-4-7-3-1-6-10-5(3)8-4/h1-2H,(H,7,8). The SMILES string of the molecule is O=Cc1nc2oncc2[nH]1. The minimum absolute atomic E-state index is 0.260. The van der Waals surface area contributed by atoms with Gasteiger partial charge in [-0.05, 0) is 0 Å². The van der Waals surface area contributed by atoms with E-state index in [1.165, 1.54) is 6.20 Å². The van der Waals surface area contributed by atoms with Crippen LogP contribution in [0, 0.1) is 0 Å². The van der Waals surface area contributed by atoms with E-state index >= 15 is 0 Å². The van der Waals surface area contributed by atoms with Gasteiger partial charge in [0.1, 0.15) is 5.52 Å². The molecular weight excluding hydrogens is 134 g/mol. The predicted molar refractivity (Wildman–Crippen MR) is 31.5 cm³/mol. The number of rotatable bonds is 1. The molecule has 0 aliphatic carbocycles. The van der Waals surface area contributed by atoms with Gasteiger partial charge in [-0.15, -0.1) is 0 Å². The maximum absolute atomic E-state index is 10.1. The van der Waals surface area contributed by atoms with Crippen molar-refractivity contribution in [1.29, 1.82) is 0 Å². The van der Waals surface area contributed by atoms with Crippen LogP contribution in [-0.4, -0.2) is 21.4 Å². The lowest BCUT2D eigenvalue weighted by Crippen LogP contribution is -1.79. The molecule has 50 valence electrons. The first-order valence-electron chi connectivity index (χ1n) is 2.66. The molecule has 0 saturated carbocycles. The molecular formula is C5H3N3O2. The lowest BCUT2D eigenvalue weighted by atomic mass is 10.6. The molecule has 0 bridgehead atoms. The fraction of sp³-hybridized carbons (Fsp3) is 0. The Morgan fingerprint density at radius 2 is 2.60 bits per heavy atom. The number of fused-ring (bicyclic) bond motifs is 1. The summed E-state index contributed by atoms with van der Waals surface area (Å²) in [5, 5.41) is 3.45. The van der Waals surface area contributed by atoms with Crippen molar-refractivity contribution in [2.75, 3.05) is 0 Å². The molecule has 0 saturated heterocycles. The van der Waals surface area contributed by atoms with E-state index < -0.39 is 0 Å². The number of aromatic amines is 1. The number of aromatic nitrogens is 3. The normalized spacial score (nSPS) is 10.4. The fourth-order valence-electron chi connectivity index (χ4n) is 0.731. The van der Waals surface area contributed by atoms with E-state index in [4.69, 9.17) is 0 Å². The number of nitrogens with zero attached hydrogens (tertiary/aromatic N) is 2. The van der Waals surface area contributed by atoms with E-state index in [1.807, 2.05) is 0 Å². The number of imidazole rings is 1. The van der Waals surface area contributed by atoms with Crippen molar-refractivity contribution in [3.63, 3.8) is 0 Å². The average Bonchev–Trinajstić information content (AvgIpc) is 2.42. The Bertz CT molecular complexity index is 333. The van der Waals surface area contributed by atoms with Gasteiger partial charge in [0.05, 0.1) is 6.20 Å². The first kappa shape index (κ1) is 5.16. The molecule has 0 spiro atoms. The first-order chi connectivity index (χ1) is 4.90. The van der Waals surface area contributed by atoms with Crippen LogP contribution >= 0.6 is 0 Å². The summed E-state index contributed by atoms with van der Waals surface area (Å²) in [4.78, 5) is 16.5. The Balaban J connectivity index is 2.78. The molecule has 1 N–H and O–H groups in total. The molecule has 5 nitrogen and oxygen atoms in total. The van der Waals surface area contributed by atoms with Gasteiger partial charge in [0.25, 0.3) is 5.71 Å². The molecule has 0 aliphatic heterocycles. The summed E-state index contributed by atoms with van der Waals surface area (Å²) in [5.74, 6) is 0.260. The van der Waals surface area contributed by atoms with Gasteiger partial charge >= 0.3 is 0 Å². The third-order valence-corrected chi connectivity index (χ3v) is 1.15. The molecule has 2 rings (SSSR count). The van der Waals surface area contributed by atoms with E-state index in [0.29, 0.717) is 17.5 Å². The van der Waals surface area contributed by atoms with Crippen LogP contribution in [0.15, 0.2) is 10.7 Å². The van der Waals surface area contributed by atoms with Crippen molar-refractivity contribution >= 4 is 17.5 Å². The lowest BCUT2D eigenvalue weighted by Gasteiger charge is -1.71. The Morgan fingerprint density at radius 1 is 1.70 bits per heavy atom. The van der Waals surface area contributed by atoms with Gasteiger partial charge in [-0.3, -0.25) is 4.79 Å². The van der Waals surface area contributed by atoms with E-state index in [2.05, 4.69) is 19.6 Å². The summed E-state index contributed by atoms with van der Waals surface area (Å²) < 4.78 is 4.65. The largest absolute Gasteiger partial charge is 0.334 e. The van der Waals surface area contributed by atoms with Crippen LogP contribution in [0.3, 0.4) is 0 Å². The third kappa shape index (κ3) is 0.540. The molecule has 0 aromatic carbocycles. The second-order valence-corrected chi connectivity index (χ2v) is 1.78. The van der Waals surface area contributed by atoms with Gasteiger partial charge in [0, 0.05) is 0 Å². The number of aldehydes is 1. The van der Waals surface area contributed by atoms with Crippen molar-refractivity contribution in [2.24, 2.45) is 0 Å². The topological polar surface area (TPSA) is 71.8 Å². The molecule has 0 amide bonds. The smallest absolute Gasteiger partial charge is 0.276 e. The van der Waals surface area contributed by atoms with Crippen LogP contribution in [0.2, 0.25) is 0 Å². The Hall–Kier alpha value is -1.65. The zero-order valence-electron chi connectivity index (χ0n) is 4.87. The van der Waals surface area contributed by atoms with Gasteiger partial charge in [-0.2, -0.15) is 4.98 Å². The molecule has 0 atom stereocenters. The number of hydrogen-bond donors (Lipinski definition) is 1. The highest BCUT2D eigenvalue weighted by molar-refractivity contribution is 5.77. The van der Waals surface area contributed by atoms with Gasteiger partial charge in [-0.1, -0.05) is 5.16 Å². The minimum atomic E-state index is 0.260. The molecule has 5 heteroatoms. The van der Waals surface area contributed by atoms with Gasteiger partial charge < -0.3 is 9.51 Å². The highest BCUT2D eigenvalue weighted by Gasteiger charge is 2.03. The van der Waals surface area contributed by atoms with Crippen LogP contribution < -0.4 is 0 Å². The third-order valence-electron chi connectivity index (χ3n) is 1.15. The average molecular weight is 137 g/mol. The Morgan fingerprint density at radius 3 is 3.30 bits per heavy atom. The van der Waals surface area contributed by atoms with Crippen LogP contribution in [-0.2, 0) is 0 Å². The Labute approximate surface area is 55.0 Å². The van der Waals surface area contributed by atoms with Crippen LogP contribution in [0.5, 0.6) is 0 Å². The maximum atomic E-state index is 10.1. The van der Waals surface area contributed by atoms with E-state index in [0.717, 1.165) is 0 Å². The number of hydrogen-bond acceptors (Lipinski definition) is 4. The van der Waals surface area contributed by atoms with Gasteiger partial charge in [-0.25, -0.2) is 0 Å². The first-order valence-corrected chi connectivity index (χ1v) is 2.66. The van der Waals surface area contributed by atoms with E-state index in [9.17, 15) is 4.79 Å². The quantitative estimate of drug-likeness (QED) is 0.576. The second-order valence-electron chi connectivity index (χ2n) is 1.78. The summed E-state index contributed by atoms with van der Waals surface area (Å²) in [6.45, 7) is 0. The van der Waals surface area contributed by atoms with Crippen molar-refractivity contribution < 1.29 is 9.32 Å². The molecule has 0 fully saturated rings. The zero-order chi connectivity index (χ0) is 6.97. The predicted octanol–water partition coefficient (Wildman–Crippen LogP) is 0.363. The summed E-state index contributed by atoms with van der Waals surface area (Å²) in [5.41, 5.74) is 1.00. The number of carbonyl (C=O) groups is 1. The molecule has 10 heavy (non-hydrogen) atoms. The van der Waals surface area contributed by atoms with Crippen LogP contribution in [0.1, 0.15) is 10.6 Å². The summed E-state index contributed by atoms with van der Waals surface area (Å²) in [7, 11) is 0. The molecule has 2 aromatic rings. The van der Waals surface area contributed by atoms with Crippen molar-refractivity contribution in [2.45, 2.75) is 0 Å². The summed E-state index contributed by atoms with van der Waals surface area (Å²) in [6.07, 6.45) is 2.09. The number of H-pyrrole nitrogens is 1. The van der Waals surface area contributed by atoms with E-state index in [-0.39, 0.29) is 5.82 Å². The Kier molecular flexibility index (Phi) is 0.858. The monoisotopic (exact) mass is 137 g/mol. The van der Waals surface area contributed by atoms with Gasteiger partial charge in [0.2, 0.25) is 0 Å². The molecule has 0 aliphatic rings. The van der Waals surface area contributed by atoms with Crippen molar-refractivity contribution in [3.8, 4) is 0 Å². The number of carbonyl (C=O) groups excluding carboxylic acids is 1. The summed E-state index contributed by atoms with van der Waals surface area (Å²) in [6, 6.07) is 0. The molecule has 0 unspecified atom stereocenters. The molecule has 2 heterocycles. The van der Waals surface area contributed by atoms with Crippen LogP contribution in [0.25, 0.3) is 11.2 Å². The summed E-state index contributed by atoms with van der Waals surface area (Å²) >= 11 is 0. The van der Waals surface area contributed by atoms with Crippen molar-refractivity contribution in [1.82, 2.24) is 15.1 Å².